The summed E-state index contributed by atoms with van der Waals surface area (Å²) in [6, 6.07) is 11.7. The molecule has 7 heteroatoms. The number of aliphatic hydroxyl groups is 1. The van der Waals surface area contributed by atoms with E-state index in [1.807, 2.05) is 12.1 Å². The van der Waals surface area contributed by atoms with Crippen molar-refractivity contribution in [3.8, 4) is 6.07 Å². The topological polar surface area (TPSA) is 100 Å². The van der Waals surface area contributed by atoms with Gasteiger partial charge in [-0.2, -0.15) is 5.26 Å². The lowest BCUT2D eigenvalue weighted by Gasteiger charge is -2.02. The zero-order valence-electron chi connectivity index (χ0n) is 10.2. The van der Waals surface area contributed by atoms with Gasteiger partial charge in [0.2, 0.25) is 5.69 Å². The van der Waals surface area contributed by atoms with Crippen molar-refractivity contribution < 1.29 is 10.0 Å². The summed E-state index contributed by atoms with van der Waals surface area (Å²) in [5.74, 6) is 0. The molecule has 20 heavy (non-hydrogen) atoms. The second kappa shape index (κ2) is 6.14. The third kappa shape index (κ3) is 3.12. The summed E-state index contributed by atoms with van der Waals surface area (Å²) < 4.78 is 0. The number of nitriles is 1. The van der Waals surface area contributed by atoms with Crippen LogP contribution in [-0.4, -0.2) is 15.0 Å². The molecule has 0 aliphatic carbocycles. The summed E-state index contributed by atoms with van der Waals surface area (Å²) in [6.07, 6.45) is 0. The van der Waals surface area contributed by atoms with Crippen LogP contribution in [0.4, 0.5) is 5.69 Å². The second-order valence-corrected chi connectivity index (χ2v) is 4.88. The van der Waals surface area contributed by atoms with Crippen LogP contribution in [0.15, 0.2) is 46.3 Å². The van der Waals surface area contributed by atoms with E-state index in [0.29, 0.717) is 5.03 Å². The van der Waals surface area contributed by atoms with Crippen molar-refractivity contribution >= 4 is 17.4 Å². The van der Waals surface area contributed by atoms with Gasteiger partial charge in [0.1, 0.15) is 11.1 Å². The van der Waals surface area contributed by atoms with E-state index >= 15 is 0 Å². The fourth-order valence-corrected chi connectivity index (χ4v) is 2.29. The van der Waals surface area contributed by atoms with Crippen molar-refractivity contribution in [2.75, 3.05) is 0 Å². The first kappa shape index (κ1) is 14.0. The zero-order valence-corrected chi connectivity index (χ0v) is 11.0. The number of aromatic nitrogens is 1. The Morgan fingerprint density at radius 1 is 1.30 bits per heavy atom. The number of rotatable bonds is 4. The fraction of sp³-hybridized carbons (Fsp3) is 0.0769. The molecule has 2 aromatic rings. The number of hydrogen-bond acceptors (Lipinski definition) is 6. The monoisotopic (exact) mass is 287 g/mol. The van der Waals surface area contributed by atoms with E-state index in [2.05, 4.69) is 4.98 Å². The van der Waals surface area contributed by atoms with Crippen molar-refractivity contribution in [3.63, 3.8) is 0 Å². The van der Waals surface area contributed by atoms with E-state index in [0.717, 1.165) is 10.5 Å². The number of nitrogens with zero attached hydrogens (tertiary/aromatic N) is 3. The summed E-state index contributed by atoms with van der Waals surface area (Å²) in [7, 11) is 0. The van der Waals surface area contributed by atoms with E-state index in [1.165, 1.54) is 23.9 Å². The van der Waals surface area contributed by atoms with Gasteiger partial charge in [-0.05, 0) is 23.8 Å². The van der Waals surface area contributed by atoms with Crippen molar-refractivity contribution in [1.29, 1.82) is 5.26 Å². The van der Waals surface area contributed by atoms with Crippen molar-refractivity contribution in [3.05, 3.63) is 57.8 Å². The molecule has 1 N–H and O–H groups in total. The lowest BCUT2D eigenvalue weighted by molar-refractivity contribution is -0.385. The molecule has 0 spiro atoms. The van der Waals surface area contributed by atoms with Crippen LogP contribution >= 0.6 is 11.8 Å². The van der Waals surface area contributed by atoms with Crippen molar-refractivity contribution in [1.82, 2.24) is 4.98 Å². The Labute approximate surface area is 118 Å². The molecule has 0 aliphatic rings. The number of aliphatic hydroxyl groups excluding tert-OH is 1. The van der Waals surface area contributed by atoms with Gasteiger partial charge < -0.3 is 5.11 Å². The van der Waals surface area contributed by atoms with Gasteiger partial charge >= 0.3 is 5.69 Å². The minimum atomic E-state index is -0.629. The molecule has 1 aromatic heterocycles. The van der Waals surface area contributed by atoms with E-state index in [4.69, 9.17) is 10.4 Å². The summed E-state index contributed by atoms with van der Waals surface area (Å²) in [4.78, 5) is 14.9. The smallest absolute Gasteiger partial charge is 0.305 e. The lowest BCUT2D eigenvalue weighted by atomic mass is 10.2. The van der Waals surface area contributed by atoms with Gasteiger partial charge in [0, 0.05) is 11.0 Å². The Morgan fingerprint density at radius 3 is 2.55 bits per heavy atom. The lowest BCUT2D eigenvalue weighted by Crippen LogP contribution is -1.95. The molecule has 0 amide bonds. The molecule has 0 bridgehead atoms. The fourth-order valence-electron chi connectivity index (χ4n) is 1.50. The van der Waals surface area contributed by atoms with Gasteiger partial charge in [-0.15, -0.1) is 0 Å². The highest BCUT2D eigenvalue weighted by molar-refractivity contribution is 7.99. The van der Waals surface area contributed by atoms with Crippen LogP contribution in [0.1, 0.15) is 11.3 Å². The summed E-state index contributed by atoms with van der Waals surface area (Å²) >= 11 is 1.29. The predicted molar refractivity (Wildman–Crippen MR) is 72.1 cm³/mol. The largest absolute Gasteiger partial charge is 0.392 e. The SMILES string of the molecule is N#Cc1nc(Sc2ccc(CO)cc2)ccc1[N+](=O)[O-]. The number of benzene rings is 1. The second-order valence-electron chi connectivity index (χ2n) is 3.79. The van der Waals surface area contributed by atoms with Crippen LogP contribution in [0.2, 0.25) is 0 Å². The highest BCUT2D eigenvalue weighted by Crippen LogP contribution is 2.28. The van der Waals surface area contributed by atoms with Crippen molar-refractivity contribution in [2.24, 2.45) is 0 Å². The Hall–Kier alpha value is -2.43. The summed E-state index contributed by atoms with van der Waals surface area (Å²) in [5.41, 5.74) is 0.295. The quantitative estimate of drug-likeness (QED) is 0.685. The minimum absolute atomic E-state index is 0.0285. The molecule has 0 atom stereocenters. The van der Waals surface area contributed by atoms with Gasteiger partial charge in [-0.3, -0.25) is 10.1 Å². The molecule has 1 aromatic carbocycles. The van der Waals surface area contributed by atoms with Gasteiger partial charge in [-0.25, -0.2) is 4.98 Å². The van der Waals surface area contributed by atoms with Crippen LogP contribution in [0.5, 0.6) is 0 Å². The van der Waals surface area contributed by atoms with Crippen LogP contribution in [-0.2, 0) is 6.61 Å². The maximum Gasteiger partial charge on any atom is 0.305 e. The van der Waals surface area contributed by atoms with Crippen LogP contribution in [0.25, 0.3) is 0 Å². The number of nitro groups is 1. The third-order valence-electron chi connectivity index (χ3n) is 2.48. The average Bonchev–Trinajstić information content (AvgIpc) is 2.47. The summed E-state index contributed by atoms with van der Waals surface area (Å²) in [5, 5.41) is 29.0. The van der Waals surface area contributed by atoms with Crippen LogP contribution < -0.4 is 0 Å². The molecule has 0 saturated heterocycles. The molecule has 100 valence electrons. The number of pyridine rings is 1. The molecule has 0 radical (unpaired) electrons. The molecule has 0 unspecified atom stereocenters. The molecular weight excluding hydrogens is 278 g/mol. The Bertz CT molecular complexity index is 680. The molecule has 0 aliphatic heterocycles. The maximum absolute atomic E-state index is 10.7. The summed E-state index contributed by atoms with van der Waals surface area (Å²) in [6.45, 7) is -0.0285. The molecule has 6 nitrogen and oxygen atoms in total. The molecular formula is C13H9N3O3S. The predicted octanol–water partition coefficient (Wildman–Crippen LogP) is 2.50. The first-order valence-corrected chi connectivity index (χ1v) is 6.39. The van der Waals surface area contributed by atoms with E-state index in [1.54, 1.807) is 18.2 Å². The standard InChI is InChI=1S/C13H9N3O3S/c14-7-11-12(16(18)19)5-6-13(15-11)20-10-3-1-9(8-17)2-4-10/h1-6,17H,8H2. The van der Waals surface area contributed by atoms with Gasteiger partial charge in [0.25, 0.3) is 0 Å². The van der Waals surface area contributed by atoms with Gasteiger partial charge in [0.15, 0.2) is 0 Å². The molecule has 1 heterocycles. The van der Waals surface area contributed by atoms with Crippen LogP contribution in [0.3, 0.4) is 0 Å². The first-order valence-electron chi connectivity index (χ1n) is 5.57. The molecule has 0 fully saturated rings. The highest BCUT2D eigenvalue weighted by atomic mass is 32.2. The zero-order chi connectivity index (χ0) is 14.5. The van der Waals surface area contributed by atoms with Crippen LogP contribution in [0, 0.1) is 21.4 Å². The highest BCUT2D eigenvalue weighted by Gasteiger charge is 2.15. The first-order chi connectivity index (χ1) is 9.63. The Morgan fingerprint density at radius 2 is 2.00 bits per heavy atom. The average molecular weight is 287 g/mol. The van der Waals surface area contributed by atoms with Gasteiger partial charge in [0.05, 0.1) is 11.5 Å². The van der Waals surface area contributed by atoms with E-state index in [-0.39, 0.29) is 18.0 Å². The minimum Gasteiger partial charge on any atom is -0.392 e. The Balaban J connectivity index is 2.25. The van der Waals surface area contributed by atoms with E-state index in [9.17, 15) is 10.1 Å². The molecule has 0 saturated carbocycles. The third-order valence-corrected chi connectivity index (χ3v) is 3.42. The van der Waals surface area contributed by atoms with Crippen molar-refractivity contribution in [2.45, 2.75) is 16.5 Å². The van der Waals surface area contributed by atoms with Gasteiger partial charge in [-0.1, -0.05) is 23.9 Å². The van der Waals surface area contributed by atoms with E-state index < -0.39 is 4.92 Å². The Kier molecular flexibility index (Phi) is 4.30. The molecule has 2 rings (SSSR count). The normalized spacial score (nSPS) is 10.0. The number of hydrogen-bond donors (Lipinski definition) is 1. The maximum atomic E-state index is 10.7.